The lowest BCUT2D eigenvalue weighted by Gasteiger charge is -2.32. The van der Waals surface area contributed by atoms with Gasteiger partial charge in [0.1, 0.15) is 5.54 Å². The van der Waals surface area contributed by atoms with E-state index in [1.807, 2.05) is 13.8 Å². The average Bonchev–Trinajstić information content (AvgIpc) is 2.37. The fraction of sp³-hybridized carbons (Fsp3) is 0.938. The van der Waals surface area contributed by atoms with Crippen molar-refractivity contribution >= 4 is 0 Å². The molecule has 0 aliphatic carbocycles. The molecule has 3 unspecified atom stereocenters. The summed E-state index contributed by atoms with van der Waals surface area (Å²) < 4.78 is 11.7. The van der Waals surface area contributed by atoms with Crippen molar-refractivity contribution in [1.29, 1.82) is 5.26 Å². The number of nitriles is 1. The predicted molar refractivity (Wildman–Crippen MR) is 80.5 cm³/mol. The van der Waals surface area contributed by atoms with Crippen LogP contribution in [0.3, 0.4) is 0 Å². The summed E-state index contributed by atoms with van der Waals surface area (Å²) in [6.07, 6.45) is 5.86. The Balaban J connectivity index is 2.14. The number of hydrogen-bond acceptors (Lipinski definition) is 4. The van der Waals surface area contributed by atoms with Crippen molar-refractivity contribution < 1.29 is 9.47 Å². The van der Waals surface area contributed by atoms with E-state index in [-0.39, 0.29) is 0 Å². The molecule has 0 saturated carbocycles. The number of rotatable bonds is 8. The first-order chi connectivity index (χ1) is 9.49. The fourth-order valence-electron chi connectivity index (χ4n) is 2.89. The van der Waals surface area contributed by atoms with Crippen LogP contribution in [0.4, 0.5) is 0 Å². The summed E-state index contributed by atoms with van der Waals surface area (Å²) >= 11 is 0. The summed E-state index contributed by atoms with van der Waals surface area (Å²) in [5, 5.41) is 12.4. The SMILES string of the molecule is CCNC(C)(C#N)CCCCOC1CC(C)OC(C)C1. The van der Waals surface area contributed by atoms with E-state index >= 15 is 0 Å². The first-order valence-electron chi connectivity index (χ1n) is 7.92. The van der Waals surface area contributed by atoms with Crippen LogP contribution in [0.25, 0.3) is 0 Å². The van der Waals surface area contributed by atoms with Crippen molar-refractivity contribution in [2.45, 2.75) is 83.6 Å². The zero-order chi connectivity index (χ0) is 15.0. The van der Waals surface area contributed by atoms with Crippen molar-refractivity contribution in [3.05, 3.63) is 0 Å². The molecule has 4 heteroatoms. The van der Waals surface area contributed by atoms with Gasteiger partial charge in [0.15, 0.2) is 0 Å². The monoisotopic (exact) mass is 282 g/mol. The zero-order valence-corrected chi connectivity index (χ0v) is 13.4. The summed E-state index contributed by atoms with van der Waals surface area (Å²) in [6, 6.07) is 2.36. The molecule has 0 spiro atoms. The number of unbranched alkanes of at least 4 members (excludes halogenated alkanes) is 1. The van der Waals surface area contributed by atoms with Gasteiger partial charge in [0.25, 0.3) is 0 Å². The van der Waals surface area contributed by atoms with Gasteiger partial charge in [0, 0.05) is 6.61 Å². The normalized spacial score (nSPS) is 29.6. The minimum Gasteiger partial charge on any atom is -0.378 e. The Morgan fingerprint density at radius 2 is 1.95 bits per heavy atom. The third kappa shape index (κ3) is 6.21. The largest absolute Gasteiger partial charge is 0.378 e. The summed E-state index contributed by atoms with van der Waals surface area (Å²) in [4.78, 5) is 0. The van der Waals surface area contributed by atoms with Gasteiger partial charge in [-0.1, -0.05) is 6.92 Å². The molecule has 1 N–H and O–H groups in total. The molecule has 1 rings (SSSR count). The molecule has 0 aromatic rings. The van der Waals surface area contributed by atoms with E-state index in [0.29, 0.717) is 18.3 Å². The van der Waals surface area contributed by atoms with Crippen molar-refractivity contribution in [3.63, 3.8) is 0 Å². The Morgan fingerprint density at radius 1 is 1.30 bits per heavy atom. The molecule has 1 saturated heterocycles. The van der Waals surface area contributed by atoms with Gasteiger partial charge in [-0.2, -0.15) is 5.26 Å². The van der Waals surface area contributed by atoms with Gasteiger partial charge in [-0.05, 0) is 59.4 Å². The van der Waals surface area contributed by atoms with E-state index in [1.165, 1.54) is 0 Å². The molecule has 0 radical (unpaired) electrons. The second kappa shape index (κ2) is 8.61. The van der Waals surface area contributed by atoms with Crippen molar-refractivity contribution in [1.82, 2.24) is 5.32 Å². The molecular weight excluding hydrogens is 252 g/mol. The summed E-state index contributed by atoms with van der Waals surface area (Å²) in [7, 11) is 0. The molecule has 4 nitrogen and oxygen atoms in total. The first-order valence-corrected chi connectivity index (χ1v) is 7.92. The highest BCUT2D eigenvalue weighted by Gasteiger charge is 2.25. The van der Waals surface area contributed by atoms with Gasteiger partial charge in [-0.3, -0.25) is 5.32 Å². The summed E-state index contributed by atoms with van der Waals surface area (Å²) in [5.41, 5.74) is -0.392. The van der Waals surface area contributed by atoms with Gasteiger partial charge in [0.05, 0.1) is 24.4 Å². The molecule has 0 bridgehead atoms. The molecule has 3 atom stereocenters. The minimum atomic E-state index is -0.392. The Kier molecular flexibility index (Phi) is 7.50. The first kappa shape index (κ1) is 17.4. The molecule has 1 aliphatic heterocycles. The lowest BCUT2D eigenvalue weighted by Crippen LogP contribution is -2.40. The third-order valence-electron chi connectivity index (χ3n) is 3.89. The van der Waals surface area contributed by atoms with E-state index in [1.54, 1.807) is 0 Å². The van der Waals surface area contributed by atoms with Gasteiger partial charge in [-0.15, -0.1) is 0 Å². The Morgan fingerprint density at radius 3 is 2.50 bits per heavy atom. The second-order valence-corrected chi connectivity index (χ2v) is 6.15. The maximum Gasteiger partial charge on any atom is 0.103 e. The van der Waals surface area contributed by atoms with Crippen molar-refractivity contribution in [2.24, 2.45) is 0 Å². The van der Waals surface area contributed by atoms with Crippen LogP contribution in [0.1, 0.15) is 59.8 Å². The molecule has 1 fully saturated rings. The van der Waals surface area contributed by atoms with Crippen LogP contribution in [-0.4, -0.2) is 37.0 Å². The van der Waals surface area contributed by atoms with E-state index in [0.717, 1.165) is 45.3 Å². The standard InChI is InChI=1S/C16H30N2O2/c1-5-18-16(4,12-17)8-6-7-9-19-15-10-13(2)20-14(3)11-15/h13-15,18H,5-11H2,1-4H3. The van der Waals surface area contributed by atoms with Crippen LogP contribution < -0.4 is 5.32 Å². The molecule has 116 valence electrons. The maximum atomic E-state index is 9.18. The molecule has 0 aromatic carbocycles. The number of nitrogens with one attached hydrogen (secondary N) is 1. The number of nitrogens with zero attached hydrogens (tertiary/aromatic N) is 1. The summed E-state index contributed by atoms with van der Waals surface area (Å²) in [5.74, 6) is 0. The minimum absolute atomic E-state index is 0.305. The number of ether oxygens (including phenoxy) is 2. The van der Waals surface area contributed by atoms with Crippen molar-refractivity contribution in [3.8, 4) is 6.07 Å². The fourth-order valence-corrected chi connectivity index (χ4v) is 2.89. The Bertz CT molecular complexity index is 306. The Hall–Kier alpha value is -0.630. The van der Waals surface area contributed by atoms with E-state index < -0.39 is 5.54 Å². The zero-order valence-electron chi connectivity index (χ0n) is 13.4. The maximum absolute atomic E-state index is 9.18. The molecule has 1 heterocycles. The molecular formula is C16H30N2O2. The average molecular weight is 282 g/mol. The van der Waals surface area contributed by atoms with Crippen molar-refractivity contribution in [2.75, 3.05) is 13.2 Å². The van der Waals surface area contributed by atoms with Crippen LogP contribution in [0.15, 0.2) is 0 Å². The topological polar surface area (TPSA) is 54.3 Å². The molecule has 1 aliphatic rings. The van der Waals surface area contributed by atoms with Gasteiger partial charge in [0.2, 0.25) is 0 Å². The van der Waals surface area contributed by atoms with E-state index in [9.17, 15) is 5.26 Å². The van der Waals surface area contributed by atoms with Crippen LogP contribution in [0.2, 0.25) is 0 Å². The quantitative estimate of drug-likeness (QED) is 0.695. The molecule has 20 heavy (non-hydrogen) atoms. The number of hydrogen-bond donors (Lipinski definition) is 1. The van der Waals surface area contributed by atoms with Crippen LogP contribution in [-0.2, 0) is 9.47 Å². The van der Waals surface area contributed by atoms with Gasteiger partial charge < -0.3 is 9.47 Å². The Labute approximate surface area is 123 Å². The molecule has 0 aromatic heterocycles. The van der Waals surface area contributed by atoms with Crippen LogP contribution in [0.5, 0.6) is 0 Å². The predicted octanol–water partition coefficient (Wildman–Crippen LogP) is 3.02. The highest BCUT2D eigenvalue weighted by Crippen LogP contribution is 2.22. The second-order valence-electron chi connectivity index (χ2n) is 6.15. The summed E-state index contributed by atoms with van der Waals surface area (Å²) in [6.45, 7) is 9.85. The van der Waals surface area contributed by atoms with Gasteiger partial charge in [-0.25, -0.2) is 0 Å². The van der Waals surface area contributed by atoms with Gasteiger partial charge >= 0.3 is 0 Å². The van der Waals surface area contributed by atoms with Crippen LogP contribution in [0, 0.1) is 11.3 Å². The van der Waals surface area contributed by atoms with E-state index in [4.69, 9.17) is 9.47 Å². The highest BCUT2D eigenvalue weighted by atomic mass is 16.5. The lowest BCUT2D eigenvalue weighted by atomic mass is 9.96. The smallest absolute Gasteiger partial charge is 0.103 e. The van der Waals surface area contributed by atoms with Crippen LogP contribution >= 0.6 is 0 Å². The molecule has 0 amide bonds. The van der Waals surface area contributed by atoms with E-state index in [2.05, 4.69) is 25.2 Å². The lowest BCUT2D eigenvalue weighted by molar-refractivity contribution is -0.102. The highest BCUT2D eigenvalue weighted by molar-refractivity contribution is 5.03. The third-order valence-corrected chi connectivity index (χ3v) is 3.89.